The van der Waals surface area contributed by atoms with Gasteiger partial charge in [-0.3, -0.25) is 0 Å². The highest BCUT2D eigenvalue weighted by atomic mass is 15.1. The van der Waals surface area contributed by atoms with Crippen molar-refractivity contribution in [3.8, 4) is 0 Å². The summed E-state index contributed by atoms with van der Waals surface area (Å²) in [5.41, 5.74) is 2.68. The maximum atomic E-state index is 4.44. The molecule has 17 heavy (non-hydrogen) atoms. The highest BCUT2D eigenvalue weighted by Gasteiger charge is 2.18. The van der Waals surface area contributed by atoms with Crippen molar-refractivity contribution in [2.75, 3.05) is 7.05 Å². The topological polar surface area (TPSA) is 29.9 Å². The Kier molecular flexibility index (Phi) is 3.59. The van der Waals surface area contributed by atoms with Crippen LogP contribution in [0.4, 0.5) is 0 Å². The molecule has 0 radical (unpaired) electrons. The number of benzene rings is 1. The van der Waals surface area contributed by atoms with E-state index in [1.54, 1.807) is 0 Å². The highest BCUT2D eigenvalue weighted by Crippen LogP contribution is 2.23. The van der Waals surface area contributed by atoms with E-state index in [1.807, 2.05) is 26.5 Å². The van der Waals surface area contributed by atoms with E-state index < -0.39 is 0 Å². The Balaban J connectivity index is 2.46. The number of imidazole rings is 1. The summed E-state index contributed by atoms with van der Waals surface area (Å²) >= 11 is 0. The lowest BCUT2D eigenvalue weighted by Crippen LogP contribution is -2.22. The average Bonchev–Trinajstić information content (AvgIpc) is 2.78. The fourth-order valence-electron chi connectivity index (χ4n) is 2.22. The third kappa shape index (κ3) is 2.24. The Morgan fingerprint density at radius 2 is 2.12 bits per heavy atom. The second kappa shape index (κ2) is 5.15. The number of hydrogen-bond donors (Lipinski definition) is 1. The fourth-order valence-corrected chi connectivity index (χ4v) is 2.22. The average molecular weight is 229 g/mol. The first-order chi connectivity index (χ1) is 8.27. The van der Waals surface area contributed by atoms with E-state index in [4.69, 9.17) is 0 Å². The van der Waals surface area contributed by atoms with Gasteiger partial charge in [-0.25, -0.2) is 4.98 Å². The van der Waals surface area contributed by atoms with Crippen LogP contribution in [0.25, 0.3) is 0 Å². The molecule has 1 atom stereocenters. The summed E-state index contributed by atoms with van der Waals surface area (Å²) in [6.07, 6.45) is 4.86. The van der Waals surface area contributed by atoms with Gasteiger partial charge in [0, 0.05) is 19.4 Å². The first kappa shape index (κ1) is 11.9. The second-order valence-electron chi connectivity index (χ2n) is 4.17. The molecule has 90 valence electrons. The second-order valence-corrected chi connectivity index (χ2v) is 4.17. The first-order valence-electron chi connectivity index (χ1n) is 6.00. The van der Waals surface area contributed by atoms with E-state index in [1.165, 1.54) is 11.1 Å². The van der Waals surface area contributed by atoms with Gasteiger partial charge in [-0.2, -0.15) is 0 Å². The van der Waals surface area contributed by atoms with E-state index in [0.29, 0.717) is 0 Å². The van der Waals surface area contributed by atoms with Crippen molar-refractivity contribution in [1.29, 1.82) is 0 Å². The smallest absolute Gasteiger partial charge is 0.130 e. The lowest BCUT2D eigenvalue weighted by atomic mass is 9.98. The summed E-state index contributed by atoms with van der Waals surface area (Å²) in [6.45, 7) is 2.18. The minimum atomic E-state index is 0.158. The molecule has 0 spiro atoms. The van der Waals surface area contributed by atoms with Crippen LogP contribution in [-0.4, -0.2) is 16.6 Å². The third-order valence-corrected chi connectivity index (χ3v) is 3.15. The summed E-state index contributed by atoms with van der Waals surface area (Å²) in [5.74, 6) is 1.05. The summed E-state index contributed by atoms with van der Waals surface area (Å²) in [5, 5.41) is 3.35. The van der Waals surface area contributed by atoms with E-state index in [0.717, 1.165) is 12.2 Å². The lowest BCUT2D eigenvalue weighted by molar-refractivity contribution is 0.612. The van der Waals surface area contributed by atoms with Crippen LogP contribution < -0.4 is 5.32 Å². The van der Waals surface area contributed by atoms with Gasteiger partial charge in [-0.1, -0.05) is 31.2 Å². The fraction of sp³-hybridized carbons (Fsp3) is 0.357. The Morgan fingerprint density at radius 3 is 2.71 bits per heavy atom. The molecule has 0 bridgehead atoms. The summed E-state index contributed by atoms with van der Waals surface area (Å²) in [6, 6.07) is 8.69. The van der Waals surface area contributed by atoms with Crippen molar-refractivity contribution in [3.05, 3.63) is 53.6 Å². The number of nitrogens with one attached hydrogen (secondary N) is 1. The maximum absolute atomic E-state index is 4.44. The van der Waals surface area contributed by atoms with Gasteiger partial charge < -0.3 is 9.88 Å². The molecule has 0 amide bonds. The zero-order chi connectivity index (χ0) is 12.3. The van der Waals surface area contributed by atoms with Crippen LogP contribution in [0.15, 0.2) is 36.7 Å². The zero-order valence-electron chi connectivity index (χ0n) is 10.6. The SMILES string of the molecule is CCc1ccccc1C(NC)c1nccn1C. The molecule has 2 aromatic rings. The molecule has 0 fully saturated rings. The molecule has 1 N–H and O–H groups in total. The molecule has 1 unspecified atom stereocenters. The summed E-state index contributed by atoms with van der Waals surface area (Å²) in [4.78, 5) is 4.44. The van der Waals surface area contributed by atoms with E-state index in [-0.39, 0.29) is 6.04 Å². The van der Waals surface area contributed by atoms with Crippen molar-refractivity contribution in [2.45, 2.75) is 19.4 Å². The normalized spacial score (nSPS) is 12.6. The molecular formula is C14H19N3. The molecule has 0 saturated carbocycles. The Bertz CT molecular complexity index is 488. The molecule has 3 heteroatoms. The van der Waals surface area contributed by atoms with Crippen molar-refractivity contribution in [1.82, 2.24) is 14.9 Å². The quantitative estimate of drug-likeness (QED) is 0.871. The molecule has 0 aliphatic carbocycles. The summed E-state index contributed by atoms with van der Waals surface area (Å²) < 4.78 is 2.06. The molecule has 0 aliphatic rings. The van der Waals surface area contributed by atoms with Gasteiger partial charge in [0.15, 0.2) is 0 Å². The Morgan fingerprint density at radius 1 is 1.35 bits per heavy atom. The van der Waals surface area contributed by atoms with Crippen LogP contribution in [0.1, 0.15) is 29.9 Å². The van der Waals surface area contributed by atoms with E-state index in [2.05, 4.69) is 46.1 Å². The largest absolute Gasteiger partial charge is 0.336 e. The van der Waals surface area contributed by atoms with Crippen LogP contribution in [0.5, 0.6) is 0 Å². The molecule has 3 nitrogen and oxygen atoms in total. The lowest BCUT2D eigenvalue weighted by Gasteiger charge is -2.19. The number of aromatic nitrogens is 2. The van der Waals surface area contributed by atoms with Crippen molar-refractivity contribution in [3.63, 3.8) is 0 Å². The van der Waals surface area contributed by atoms with Crippen LogP contribution in [0.3, 0.4) is 0 Å². The maximum Gasteiger partial charge on any atom is 0.130 e. The zero-order valence-corrected chi connectivity index (χ0v) is 10.6. The van der Waals surface area contributed by atoms with Crippen molar-refractivity contribution >= 4 is 0 Å². The molecule has 2 rings (SSSR count). The van der Waals surface area contributed by atoms with Gasteiger partial charge in [0.05, 0.1) is 6.04 Å². The number of hydrogen-bond acceptors (Lipinski definition) is 2. The third-order valence-electron chi connectivity index (χ3n) is 3.15. The number of aryl methyl sites for hydroxylation is 2. The molecular weight excluding hydrogens is 210 g/mol. The predicted octanol–water partition coefficient (Wildman–Crippen LogP) is 2.29. The van der Waals surface area contributed by atoms with Crippen LogP contribution >= 0.6 is 0 Å². The van der Waals surface area contributed by atoms with Gasteiger partial charge in [-0.15, -0.1) is 0 Å². The monoisotopic (exact) mass is 229 g/mol. The van der Waals surface area contributed by atoms with Gasteiger partial charge in [0.1, 0.15) is 5.82 Å². The molecule has 1 aromatic carbocycles. The van der Waals surface area contributed by atoms with Gasteiger partial charge >= 0.3 is 0 Å². The van der Waals surface area contributed by atoms with Gasteiger partial charge in [-0.05, 0) is 24.6 Å². The van der Waals surface area contributed by atoms with Crippen molar-refractivity contribution < 1.29 is 0 Å². The molecule has 0 saturated heterocycles. The summed E-state index contributed by atoms with van der Waals surface area (Å²) in [7, 11) is 4.01. The van der Waals surface area contributed by atoms with E-state index >= 15 is 0 Å². The van der Waals surface area contributed by atoms with Crippen LogP contribution in [0.2, 0.25) is 0 Å². The van der Waals surface area contributed by atoms with Crippen molar-refractivity contribution in [2.24, 2.45) is 7.05 Å². The Hall–Kier alpha value is -1.61. The van der Waals surface area contributed by atoms with Gasteiger partial charge in [0.2, 0.25) is 0 Å². The predicted molar refractivity (Wildman–Crippen MR) is 69.9 cm³/mol. The first-order valence-corrected chi connectivity index (χ1v) is 6.00. The molecule has 1 heterocycles. The Labute approximate surface area is 103 Å². The number of nitrogens with zero attached hydrogens (tertiary/aromatic N) is 2. The van der Waals surface area contributed by atoms with Gasteiger partial charge in [0.25, 0.3) is 0 Å². The minimum absolute atomic E-state index is 0.158. The minimum Gasteiger partial charge on any atom is -0.336 e. The standard InChI is InChI=1S/C14H19N3/c1-4-11-7-5-6-8-12(11)13(15-2)14-16-9-10-17(14)3/h5-10,13,15H,4H2,1-3H3. The molecule has 1 aromatic heterocycles. The molecule has 0 aliphatic heterocycles. The highest BCUT2D eigenvalue weighted by molar-refractivity contribution is 5.33. The number of rotatable bonds is 4. The van der Waals surface area contributed by atoms with Crippen LogP contribution in [-0.2, 0) is 13.5 Å². The van der Waals surface area contributed by atoms with E-state index in [9.17, 15) is 0 Å². The van der Waals surface area contributed by atoms with Crippen LogP contribution in [0, 0.1) is 0 Å².